The predicted octanol–water partition coefficient (Wildman–Crippen LogP) is 5.67. The van der Waals surface area contributed by atoms with Gasteiger partial charge in [0.2, 0.25) is 0 Å². The van der Waals surface area contributed by atoms with Crippen molar-refractivity contribution in [1.29, 1.82) is 0 Å². The first kappa shape index (κ1) is 22.9. The van der Waals surface area contributed by atoms with Gasteiger partial charge >= 0.3 is 11.9 Å². The van der Waals surface area contributed by atoms with Gasteiger partial charge in [0.15, 0.2) is 0 Å². The quantitative estimate of drug-likeness (QED) is 0.385. The molecule has 0 atom stereocenters. The molecule has 5 heteroatoms. The van der Waals surface area contributed by atoms with Crippen molar-refractivity contribution >= 4 is 11.9 Å². The summed E-state index contributed by atoms with van der Waals surface area (Å²) < 4.78 is 5.88. The summed E-state index contributed by atoms with van der Waals surface area (Å²) in [7, 11) is 0. The Balaban J connectivity index is 1.69. The summed E-state index contributed by atoms with van der Waals surface area (Å²) >= 11 is 0. The van der Waals surface area contributed by atoms with E-state index in [0.717, 1.165) is 11.1 Å². The molecule has 0 aliphatic heterocycles. The van der Waals surface area contributed by atoms with Crippen molar-refractivity contribution in [3.05, 3.63) is 130 Å². The lowest BCUT2D eigenvalue weighted by molar-refractivity contribution is 0.0686. The molecule has 168 valence electrons. The van der Waals surface area contributed by atoms with Gasteiger partial charge in [-0.25, -0.2) is 9.59 Å². The highest BCUT2D eigenvalue weighted by Gasteiger charge is 2.11. The highest BCUT2D eigenvalue weighted by atomic mass is 16.5. The van der Waals surface area contributed by atoms with Crippen molar-refractivity contribution in [2.24, 2.45) is 0 Å². The lowest BCUT2D eigenvalue weighted by Gasteiger charge is -2.09. The largest absolute Gasteiger partial charge is 0.478 e. The number of aromatic carboxylic acids is 2. The molecule has 0 saturated heterocycles. The zero-order valence-electron chi connectivity index (χ0n) is 18.4. The van der Waals surface area contributed by atoms with E-state index in [4.69, 9.17) is 4.74 Å². The molecule has 5 nitrogen and oxygen atoms in total. The third-order valence-corrected chi connectivity index (χ3v) is 4.79. The first-order chi connectivity index (χ1) is 17.0. The average Bonchev–Trinajstić information content (AvgIpc) is 2.87. The molecule has 0 aliphatic rings. The maximum absolute atomic E-state index is 11.6. The maximum atomic E-state index is 11.6. The van der Waals surface area contributed by atoms with Crippen molar-refractivity contribution in [3.8, 4) is 35.2 Å². The van der Waals surface area contributed by atoms with E-state index >= 15 is 0 Å². The smallest absolute Gasteiger partial charge is 0.335 e. The summed E-state index contributed by atoms with van der Waals surface area (Å²) in [4.78, 5) is 23.3. The Kier molecular flexibility index (Phi) is 6.92. The van der Waals surface area contributed by atoms with Crippen molar-refractivity contribution in [2.45, 2.75) is 0 Å². The Bertz CT molecular complexity index is 1400. The molecule has 4 aromatic rings. The van der Waals surface area contributed by atoms with Crippen LogP contribution in [0.1, 0.15) is 43.0 Å². The second kappa shape index (κ2) is 10.6. The molecule has 0 bridgehead atoms. The molecular formula is C30H18O5. The second-order valence-corrected chi connectivity index (χ2v) is 7.44. The van der Waals surface area contributed by atoms with Crippen LogP contribution in [-0.4, -0.2) is 22.2 Å². The van der Waals surface area contributed by atoms with E-state index in [1.807, 2.05) is 60.7 Å². The number of hydrogen-bond acceptors (Lipinski definition) is 3. The van der Waals surface area contributed by atoms with Gasteiger partial charge in [0, 0.05) is 22.3 Å². The third kappa shape index (κ3) is 6.38. The highest BCUT2D eigenvalue weighted by molar-refractivity contribution is 5.89. The summed E-state index contributed by atoms with van der Waals surface area (Å²) in [5.41, 5.74) is 2.46. The molecule has 2 N–H and O–H groups in total. The van der Waals surface area contributed by atoms with Gasteiger partial charge in [0.05, 0.1) is 11.1 Å². The summed E-state index contributed by atoms with van der Waals surface area (Å²) in [6.07, 6.45) is 0. The molecule has 0 spiro atoms. The van der Waals surface area contributed by atoms with Crippen molar-refractivity contribution < 1.29 is 24.5 Å². The summed E-state index contributed by atoms with van der Waals surface area (Å²) in [5, 5.41) is 19.0. The Hall–Kier alpha value is -5.26. The van der Waals surface area contributed by atoms with Crippen LogP contribution in [0.15, 0.2) is 97.1 Å². The zero-order chi connectivity index (χ0) is 24.6. The molecule has 4 aromatic carbocycles. The number of ether oxygens (including phenoxy) is 1. The number of carbonyl (C=O) groups is 2. The van der Waals surface area contributed by atoms with Crippen LogP contribution >= 0.6 is 0 Å². The van der Waals surface area contributed by atoms with Crippen LogP contribution in [0.3, 0.4) is 0 Å². The molecule has 0 heterocycles. The molecule has 0 saturated carbocycles. The molecule has 0 unspecified atom stereocenters. The molecular weight excluding hydrogens is 440 g/mol. The normalized spacial score (nSPS) is 9.71. The van der Waals surface area contributed by atoms with Gasteiger partial charge in [-0.15, -0.1) is 0 Å². The Morgan fingerprint density at radius 1 is 0.514 bits per heavy atom. The Labute approximate surface area is 202 Å². The maximum Gasteiger partial charge on any atom is 0.335 e. The van der Waals surface area contributed by atoms with Crippen molar-refractivity contribution in [1.82, 2.24) is 0 Å². The van der Waals surface area contributed by atoms with Gasteiger partial charge in [-0.3, -0.25) is 0 Å². The zero-order valence-corrected chi connectivity index (χ0v) is 18.4. The standard InChI is InChI=1S/C30H18O5/c31-29(32)25-15-23(13-11-21-7-3-1-4-8-21)17-27(19-25)35-28-18-24(16-26(20-28)30(33)34)14-12-22-9-5-2-6-10-22/h1-10,15-20H,(H,31,32)(H,33,34). The Morgan fingerprint density at radius 2 is 0.886 bits per heavy atom. The van der Waals surface area contributed by atoms with Gasteiger partial charge in [0.1, 0.15) is 11.5 Å². The summed E-state index contributed by atoms with van der Waals surface area (Å²) in [6, 6.07) is 27.4. The van der Waals surface area contributed by atoms with Gasteiger partial charge in [0.25, 0.3) is 0 Å². The molecule has 0 radical (unpaired) electrons. The van der Waals surface area contributed by atoms with Crippen LogP contribution in [-0.2, 0) is 0 Å². The van der Waals surface area contributed by atoms with Gasteiger partial charge < -0.3 is 14.9 Å². The van der Waals surface area contributed by atoms with Gasteiger partial charge in [-0.2, -0.15) is 0 Å². The highest BCUT2D eigenvalue weighted by Crippen LogP contribution is 2.26. The first-order valence-electron chi connectivity index (χ1n) is 10.5. The van der Waals surface area contributed by atoms with E-state index in [1.54, 1.807) is 12.1 Å². The number of carboxylic acid groups (broad SMARTS) is 2. The molecule has 0 aliphatic carbocycles. The monoisotopic (exact) mass is 458 g/mol. The van der Waals surface area contributed by atoms with Crippen molar-refractivity contribution in [2.75, 3.05) is 0 Å². The average molecular weight is 458 g/mol. The minimum Gasteiger partial charge on any atom is -0.478 e. The number of rotatable bonds is 4. The fraction of sp³-hybridized carbons (Fsp3) is 0. The first-order valence-corrected chi connectivity index (χ1v) is 10.5. The minimum absolute atomic E-state index is 0.00153. The molecule has 4 rings (SSSR count). The van der Waals surface area contributed by atoms with E-state index in [1.165, 1.54) is 24.3 Å². The molecule has 35 heavy (non-hydrogen) atoms. The SMILES string of the molecule is O=C(O)c1cc(C#Cc2ccccc2)cc(Oc2cc(C#Cc3ccccc3)cc(C(=O)O)c2)c1. The predicted molar refractivity (Wildman–Crippen MR) is 132 cm³/mol. The molecule has 0 amide bonds. The second-order valence-electron chi connectivity index (χ2n) is 7.44. The fourth-order valence-electron chi connectivity index (χ4n) is 3.17. The third-order valence-electron chi connectivity index (χ3n) is 4.79. The lowest BCUT2D eigenvalue weighted by atomic mass is 10.1. The van der Waals surface area contributed by atoms with Gasteiger partial charge in [-0.05, 0) is 60.7 Å². The number of benzene rings is 4. The lowest BCUT2D eigenvalue weighted by Crippen LogP contribution is -2.00. The van der Waals surface area contributed by atoms with Crippen molar-refractivity contribution in [3.63, 3.8) is 0 Å². The van der Waals surface area contributed by atoms with Gasteiger partial charge in [-0.1, -0.05) is 60.1 Å². The van der Waals surface area contributed by atoms with Crippen LogP contribution in [0, 0.1) is 23.7 Å². The van der Waals surface area contributed by atoms with Crippen LogP contribution < -0.4 is 4.74 Å². The minimum atomic E-state index is -1.13. The summed E-state index contributed by atoms with van der Waals surface area (Å²) in [6.45, 7) is 0. The van der Waals surface area contributed by atoms with Crippen LogP contribution in [0.25, 0.3) is 0 Å². The molecule has 0 aromatic heterocycles. The topological polar surface area (TPSA) is 83.8 Å². The Morgan fingerprint density at radius 3 is 1.26 bits per heavy atom. The van der Waals surface area contributed by atoms with Crippen LogP contribution in [0.4, 0.5) is 0 Å². The van der Waals surface area contributed by atoms with E-state index in [2.05, 4.69) is 23.7 Å². The van der Waals surface area contributed by atoms with Crippen LogP contribution in [0.2, 0.25) is 0 Å². The van der Waals surface area contributed by atoms with E-state index in [9.17, 15) is 19.8 Å². The van der Waals surface area contributed by atoms with E-state index in [0.29, 0.717) is 11.1 Å². The fourth-order valence-corrected chi connectivity index (χ4v) is 3.17. The molecule has 0 fully saturated rings. The number of carboxylic acids is 2. The summed E-state index contributed by atoms with van der Waals surface area (Å²) in [5.74, 6) is 10.0. The number of hydrogen-bond donors (Lipinski definition) is 2. The van der Waals surface area contributed by atoms with E-state index < -0.39 is 11.9 Å². The van der Waals surface area contributed by atoms with Crippen LogP contribution in [0.5, 0.6) is 11.5 Å². The van der Waals surface area contributed by atoms with E-state index in [-0.39, 0.29) is 22.6 Å².